The van der Waals surface area contributed by atoms with Crippen molar-refractivity contribution >= 4 is 17.8 Å². The van der Waals surface area contributed by atoms with Crippen molar-refractivity contribution in [2.24, 2.45) is 11.8 Å². The van der Waals surface area contributed by atoms with Crippen LogP contribution in [0.15, 0.2) is 18.2 Å². The maximum absolute atomic E-state index is 13.8. The van der Waals surface area contributed by atoms with Gasteiger partial charge in [-0.1, -0.05) is 39.7 Å². The third kappa shape index (κ3) is 6.24. The van der Waals surface area contributed by atoms with E-state index in [-0.39, 0.29) is 6.04 Å². The number of amides is 2. The normalized spacial score (nSPS) is 20.1. The van der Waals surface area contributed by atoms with Crippen LogP contribution in [0, 0.1) is 23.5 Å². The minimum atomic E-state index is -1.15. The standard InChI is InChI=1S/C21H28F2N2O4/c1-12(2)19(25-20(27)18-14(22)8-6-9-15(18)23)21(28)29-11-17(26)24-16-10-5-4-7-13(16)3/h6,8-9,12-13,16,19H,4-5,7,10-11H2,1-3H3,(H,24,26)(H,25,27)/t13-,16-,19-/m0/s1. The van der Waals surface area contributed by atoms with Gasteiger partial charge >= 0.3 is 5.97 Å². The minimum Gasteiger partial charge on any atom is -0.454 e. The zero-order valence-corrected chi connectivity index (χ0v) is 17.0. The van der Waals surface area contributed by atoms with Crippen LogP contribution in [0.3, 0.4) is 0 Å². The lowest BCUT2D eigenvalue weighted by molar-refractivity contribution is -0.151. The number of hydrogen-bond acceptors (Lipinski definition) is 4. The Hall–Kier alpha value is -2.51. The monoisotopic (exact) mass is 410 g/mol. The number of benzene rings is 1. The first-order valence-electron chi connectivity index (χ1n) is 9.91. The summed E-state index contributed by atoms with van der Waals surface area (Å²) in [6.45, 7) is 4.89. The second-order valence-electron chi connectivity index (χ2n) is 7.84. The fraction of sp³-hybridized carbons (Fsp3) is 0.571. The molecule has 160 valence electrons. The summed E-state index contributed by atoms with van der Waals surface area (Å²) in [4.78, 5) is 36.8. The molecule has 0 radical (unpaired) electrons. The van der Waals surface area contributed by atoms with E-state index in [1.54, 1.807) is 13.8 Å². The summed E-state index contributed by atoms with van der Waals surface area (Å²) in [7, 11) is 0. The van der Waals surface area contributed by atoms with Crippen LogP contribution in [0.25, 0.3) is 0 Å². The lowest BCUT2D eigenvalue weighted by atomic mass is 9.86. The van der Waals surface area contributed by atoms with Gasteiger partial charge in [-0.2, -0.15) is 0 Å². The second kappa shape index (κ2) is 10.3. The van der Waals surface area contributed by atoms with E-state index in [4.69, 9.17) is 4.74 Å². The Balaban J connectivity index is 1.93. The Labute approximate surface area is 169 Å². The average Bonchev–Trinajstić information content (AvgIpc) is 2.65. The predicted molar refractivity (Wildman–Crippen MR) is 103 cm³/mol. The highest BCUT2D eigenvalue weighted by Crippen LogP contribution is 2.23. The molecule has 0 aliphatic heterocycles. The molecular formula is C21H28F2N2O4. The van der Waals surface area contributed by atoms with Gasteiger partial charge in [-0.05, 0) is 36.8 Å². The smallest absolute Gasteiger partial charge is 0.329 e. The summed E-state index contributed by atoms with van der Waals surface area (Å²) < 4.78 is 32.6. The van der Waals surface area contributed by atoms with E-state index in [0.29, 0.717) is 5.92 Å². The molecule has 8 heteroatoms. The Morgan fingerprint density at radius 3 is 2.34 bits per heavy atom. The second-order valence-corrected chi connectivity index (χ2v) is 7.84. The number of halogens is 2. The molecule has 0 spiro atoms. The molecule has 6 nitrogen and oxygen atoms in total. The van der Waals surface area contributed by atoms with Crippen molar-refractivity contribution in [2.45, 2.75) is 58.5 Å². The predicted octanol–water partition coefficient (Wildman–Crippen LogP) is 2.96. The fourth-order valence-electron chi connectivity index (χ4n) is 3.43. The highest BCUT2D eigenvalue weighted by atomic mass is 19.1. The van der Waals surface area contributed by atoms with Crippen LogP contribution in [0.1, 0.15) is 56.8 Å². The number of ether oxygens (including phenoxy) is 1. The van der Waals surface area contributed by atoms with E-state index in [1.165, 1.54) is 0 Å². The molecule has 1 aromatic rings. The van der Waals surface area contributed by atoms with E-state index in [9.17, 15) is 23.2 Å². The van der Waals surface area contributed by atoms with Gasteiger partial charge < -0.3 is 15.4 Å². The van der Waals surface area contributed by atoms with Gasteiger partial charge in [0.05, 0.1) is 0 Å². The molecule has 1 saturated carbocycles. The van der Waals surface area contributed by atoms with Crippen LogP contribution >= 0.6 is 0 Å². The molecule has 29 heavy (non-hydrogen) atoms. The van der Waals surface area contributed by atoms with Crippen molar-refractivity contribution < 1.29 is 27.9 Å². The van der Waals surface area contributed by atoms with Gasteiger partial charge in [-0.25, -0.2) is 13.6 Å². The summed E-state index contributed by atoms with van der Waals surface area (Å²) in [5.74, 6) is -4.41. The largest absolute Gasteiger partial charge is 0.454 e. The number of carbonyl (C=O) groups is 3. The molecule has 1 fully saturated rings. The molecule has 0 unspecified atom stereocenters. The van der Waals surface area contributed by atoms with Crippen molar-refractivity contribution in [3.8, 4) is 0 Å². The third-order valence-corrected chi connectivity index (χ3v) is 5.20. The number of nitrogens with one attached hydrogen (secondary N) is 2. The van der Waals surface area contributed by atoms with E-state index < -0.39 is 53.5 Å². The molecule has 0 bridgehead atoms. The average molecular weight is 410 g/mol. The Kier molecular flexibility index (Phi) is 8.10. The van der Waals surface area contributed by atoms with Crippen LogP contribution < -0.4 is 10.6 Å². The molecule has 1 aliphatic rings. The first-order chi connectivity index (χ1) is 13.7. The van der Waals surface area contributed by atoms with Crippen LogP contribution in [-0.2, 0) is 14.3 Å². The number of hydrogen-bond donors (Lipinski definition) is 2. The van der Waals surface area contributed by atoms with Crippen molar-refractivity contribution in [1.29, 1.82) is 0 Å². The zero-order valence-electron chi connectivity index (χ0n) is 17.0. The molecule has 1 aromatic carbocycles. The maximum Gasteiger partial charge on any atom is 0.329 e. The highest BCUT2D eigenvalue weighted by molar-refractivity contribution is 5.97. The molecule has 2 rings (SSSR count). The van der Waals surface area contributed by atoms with Crippen LogP contribution in [0.4, 0.5) is 8.78 Å². The van der Waals surface area contributed by atoms with E-state index >= 15 is 0 Å². The van der Waals surface area contributed by atoms with Gasteiger partial charge in [0.15, 0.2) is 6.61 Å². The number of rotatable bonds is 7. The molecule has 1 aliphatic carbocycles. The quantitative estimate of drug-likeness (QED) is 0.677. The Morgan fingerprint density at radius 2 is 1.76 bits per heavy atom. The summed E-state index contributed by atoms with van der Waals surface area (Å²) in [6.07, 6.45) is 4.11. The first kappa shape index (κ1) is 22.8. The molecule has 2 amide bonds. The first-order valence-corrected chi connectivity index (χ1v) is 9.91. The SMILES string of the molecule is CC(C)[C@H](NC(=O)c1c(F)cccc1F)C(=O)OCC(=O)N[C@H]1CCCC[C@@H]1C. The molecule has 0 heterocycles. The van der Waals surface area contributed by atoms with Crippen molar-refractivity contribution in [3.05, 3.63) is 35.4 Å². The molecule has 2 N–H and O–H groups in total. The van der Waals surface area contributed by atoms with E-state index in [1.807, 2.05) is 0 Å². The van der Waals surface area contributed by atoms with Crippen LogP contribution in [0.2, 0.25) is 0 Å². The van der Waals surface area contributed by atoms with Gasteiger partial charge in [0.1, 0.15) is 23.2 Å². The fourth-order valence-corrected chi connectivity index (χ4v) is 3.43. The highest BCUT2D eigenvalue weighted by Gasteiger charge is 2.29. The van der Waals surface area contributed by atoms with Gasteiger partial charge in [0, 0.05) is 6.04 Å². The van der Waals surface area contributed by atoms with Gasteiger partial charge in [0.25, 0.3) is 11.8 Å². The van der Waals surface area contributed by atoms with Crippen LogP contribution in [0.5, 0.6) is 0 Å². The number of esters is 1. The summed E-state index contributed by atoms with van der Waals surface area (Å²) in [5, 5.41) is 5.17. The zero-order chi connectivity index (χ0) is 21.6. The maximum atomic E-state index is 13.8. The van der Waals surface area contributed by atoms with Crippen molar-refractivity contribution in [3.63, 3.8) is 0 Å². The third-order valence-electron chi connectivity index (χ3n) is 5.20. The Bertz CT molecular complexity index is 734. The molecule has 0 saturated heterocycles. The summed E-state index contributed by atoms with van der Waals surface area (Å²) >= 11 is 0. The van der Waals surface area contributed by atoms with Crippen LogP contribution in [-0.4, -0.2) is 36.5 Å². The van der Waals surface area contributed by atoms with Crippen molar-refractivity contribution in [1.82, 2.24) is 10.6 Å². The molecule has 3 atom stereocenters. The van der Waals surface area contributed by atoms with Crippen molar-refractivity contribution in [2.75, 3.05) is 6.61 Å². The molecular weight excluding hydrogens is 382 g/mol. The summed E-state index contributed by atoms with van der Waals surface area (Å²) in [5.41, 5.74) is -0.769. The number of carbonyl (C=O) groups excluding carboxylic acids is 3. The van der Waals surface area contributed by atoms with Gasteiger partial charge in [-0.3, -0.25) is 9.59 Å². The van der Waals surface area contributed by atoms with Gasteiger partial charge in [-0.15, -0.1) is 0 Å². The topological polar surface area (TPSA) is 84.5 Å². The Morgan fingerprint density at radius 1 is 1.14 bits per heavy atom. The lowest BCUT2D eigenvalue weighted by Crippen LogP contribution is -2.47. The molecule has 0 aromatic heterocycles. The van der Waals surface area contributed by atoms with Gasteiger partial charge in [0.2, 0.25) is 0 Å². The van der Waals surface area contributed by atoms with E-state index in [0.717, 1.165) is 43.9 Å². The lowest BCUT2D eigenvalue weighted by Gasteiger charge is -2.29. The van der Waals surface area contributed by atoms with E-state index in [2.05, 4.69) is 17.6 Å². The minimum absolute atomic E-state index is 0.0552. The summed E-state index contributed by atoms with van der Waals surface area (Å²) in [6, 6.07) is 1.96.